The summed E-state index contributed by atoms with van der Waals surface area (Å²) >= 11 is 0. The zero-order valence-electron chi connectivity index (χ0n) is 15.8. The molecule has 0 fully saturated rings. The first kappa shape index (κ1) is 17.7. The lowest BCUT2D eigenvalue weighted by Gasteiger charge is -2.09. The Morgan fingerprint density at radius 3 is 2.57 bits per heavy atom. The molecular formula is C20H19N5O3. The maximum absolute atomic E-state index is 11.8. The van der Waals surface area contributed by atoms with E-state index >= 15 is 0 Å². The van der Waals surface area contributed by atoms with Crippen molar-refractivity contribution in [2.45, 2.75) is 20.4 Å². The van der Waals surface area contributed by atoms with Crippen LogP contribution < -0.4 is 5.32 Å². The maximum atomic E-state index is 11.8. The van der Waals surface area contributed by atoms with Gasteiger partial charge in [0.05, 0.1) is 22.7 Å². The third-order valence-corrected chi connectivity index (χ3v) is 4.76. The highest BCUT2D eigenvalue weighted by molar-refractivity contribution is 5.92. The topological polar surface area (TPSA) is 99.0 Å². The minimum absolute atomic E-state index is 0.0455. The summed E-state index contributed by atoms with van der Waals surface area (Å²) < 4.78 is 7.20. The van der Waals surface area contributed by atoms with Gasteiger partial charge in [0, 0.05) is 18.7 Å². The van der Waals surface area contributed by atoms with E-state index in [-0.39, 0.29) is 5.69 Å². The summed E-state index contributed by atoms with van der Waals surface area (Å²) in [6.45, 7) is 4.16. The molecule has 4 aromatic rings. The number of rotatable bonds is 5. The van der Waals surface area contributed by atoms with Crippen LogP contribution in [0.3, 0.4) is 0 Å². The fraction of sp³-hybridized carbons (Fsp3) is 0.200. The zero-order chi connectivity index (χ0) is 19.8. The van der Waals surface area contributed by atoms with Gasteiger partial charge in [-0.15, -0.1) is 0 Å². The second-order valence-corrected chi connectivity index (χ2v) is 6.58. The number of aryl methyl sites for hydroxylation is 2. The van der Waals surface area contributed by atoms with Crippen molar-refractivity contribution >= 4 is 22.7 Å². The van der Waals surface area contributed by atoms with Gasteiger partial charge in [0.25, 0.3) is 5.69 Å². The summed E-state index contributed by atoms with van der Waals surface area (Å²) in [7, 11) is 1.75. The summed E-state index contributed by atoms with van der Waals surface area (Å²) in [5, 5.41) is 18.8. The predicted octanol–water partition coefficient (Wildman–Crippen LogP) is 4.31. The van der Waals surface area contributed by atoms with E-state index in [0.717, 1.165) is 11.1 Å². The van der Waals surface area contributed by atoms with Crippen molar-refractivity contribution in [3.63, 3.8) is 0 Å². The van der Waals surface area contributed by atoms with E-state index in [4.69, 9.17) is 4.52 Å². The summed E-state index contributed by atoms with van der Waals surface area (Å²) in [6, 6.07) is 13.3. The largest absolute Gasteiger partial charge is 0.361 e. The molecule has 2 aromatic heterocycles. The molecule has 1 N–H and O–H groups in total. The Morgan fingerprint density at radius 1 is 1.21 bits per heavy atom. The molecule has 8 heteroatoms. The van der Waals surface area contributed by atoms with Crippen LogP contribution in [0.25, 0.3) is 22.2 Å². The van der Waals surface area contributed by atoms with Gasteiger partial charge in [0.1, 0.15) is 5.76 Å². The Hall–Kier alpha value is -3.68. The van der Waals surface area contributed by atoms with Crippen LogP contribution in [0.4, 0.5) is 11.6 Å². The summed E-state index contributed by atoms with van der Waals surface area (Å²) in [5.74, 6) is 1.19. The number of nitro groups is 1. The first-order chi connectivity index (χ1) is 13.5. The van der Waals surface area contributed by atoms with Crippen LogP contribution in [0.15, 0.2) is 47.0 Å². The highest BCUT2D eigenvalue weighted by Crippen LogP contribution is 2.36. The molecule has 142 valence electrons. The van der Waals surface area contributed by atoms with Crippen molar-refractivity contribution in [3.8, 4) is 11.1 Å². The number of benzene rings is 2. The van der Waals surface area contributed by atoms with Gasteiger partial charge in [0.15, 0.2) is 5.52 Å². The molecule has 8 nitrogen and oxygen atoms in total. The van der Waals surface area contributed by atoms with Crippen LogP contribution in [0.5, 0.6) is 0 Å². The molecular weight excluding hydrogens is 358 g/mol. The number of anilines is 1. The van der Waals surface area contributed by atoms with E-state index in [1.165, 1.54) is 6.07 Å². The van der Waals surface area contributed by atoms with Crippen molar-refractivity contribution in [1.29, 1.82) is 0 Å². The van der Waals surface area contributed by atoms with Crippen LogP contribution >= 0.6 is 0 Å². The maximum Gasteiger partial charge on any atom is 0.297 e. The molecule has 0 saturated carbocycles. The third-order valence-electron chi connectivity index (χ3n) is 4.76. The first-order valence-electron chi connectivity index (χ1n) is 8.83. The lowest BCUT2D eigenvalue weighted by molar-refractivity contribution is -0.383. The Balaban J connectivity index is 2.00. The van der Waals surface area contributed by atoms with Crippen molar-refractivity contribution in [3.05, 3.63) is 69.6 Å². The fourth-order valence-electron chi connectivity index (χ4n) is 3.50. The standard InChI is InChI=1S/C20H19N5O3/c1-12-18(13(2)28-23-12)15-9-16-19(17(10-15)25(26)27)22-20(21-3)24(16)11-14-7-5-4-6-8-14/h4-10H,11H2,1-3H3,(H,21,22). The van der Waals surface area contributed by atoms with Crippen LogP contribution in [0, 0.1) is 24.0 Å². The van der Waals surface area contributed by atoms with Crippen LogP contribution in [-0.4, -0.2) is 26.7 Å². The van der Waals surface area contributed by atoms with Crippen molar-refractivity contribution in [1.82, 2.24) is 14.7 Å². The highest BCUT2D eigenvalue weighted by atomic mass is 16.6. The summed E-state index contributed by atoms with van der Waals surface area (Å²) in [6.07, 6.45) is 0. The number of nitro benzene ring substituents is 1. The molecule has 0 atom stereocenters. The Morgan fingerprint density at radius 2 is 1.96 bits per heavy atom. The summed E-state index contributed by atoms with van der Waals surface area (Å²) in [5.41, 5.74) is 4.20. The third kappa shape index (κ3) is 2.88. The fourth-order valence-corrected chi connectivity index (χ4v) is 3.50. The lowest BCUT2D eigenvalue weighted by atomic mass is 10.0. The number of nitrogens with zero attached hydrogens (tertiary/aromatic N) is 4. The smallest absolute Gasteiger partial charge is 0.297 e. The van der Waals surface area contributed by atoms with Gasteiger partial charge >= 0.3 is 0 Å². The summed E-state index contributed by atoms with van der Waals surface area (Å²) in [4.78, 5) is 15.9. The first-order valence-corrected chi connectivity index (χ1v) is 8.83. The van der Waals surface area contributed by atoms with Gasteiger partial charge in [-0.2, -0.15) is 0 Å². The molecule has 0 unspecified atom stereocenters. The van der Waals surface area contributed by atoms with E-state index in [1.54, 1.807) is 14.0 Å². The average Bonchev–Trinajstić information content (AvgIpc) is 3.21. The molecule has 0 aliphatic rings. The van der Waals surface area contributed by atoms with E-state index < -0.39 is 4.92 Å². The number of hydrogen-bond acceptors (Lipinski definition) is 6. The molecule has 0 bridgehead atoms. The molecule has 0 aliphatic heterocycles. The lowest BCUT2D eigenvalue weighted by Crippen LogP contribution is -2.05. The van der Waals surface area contributed by atoms with Gasteiger partial charge in [-0.05, 0) is 31.0 Å². The Labute approximate surface area is 160 Å². The SMILES string of the molecule is CNc1nc2c([N+](=O)[O-])cc(-c3c(C)noc3C)cc2n1Cc1ccccc1. The van der Waals surface area contributed by atoms with Crippen molar-refractivity contribution in [2.75, 3.05) is 12.4 Å². The van der Waals surface area contributed by atoms with Crippen LogP contribution in [0.1, 0.15) is 17.0 Å². The van der Waals surface area contributed by atoms with E-state index in [9.17, 15) is 10.1 Å². The normalized spacial score (nSPS) is 11.1. The number of nitrogens with one attached hydrogen (secondary N) is 1. The molecule has 0 radical (unpaired) electrons. The predicted molar refractivity (Wildman–Crippen MR) is 106 cm³/mol. The Bertz CT molecular complexity index is 1160. The zero-order valence-corrected chi connectivity index (χ0v) is 15.8. The molecule has 2 aromatic carbocycles. The van der Waals surface area contributed by atoms with Gasteiger partial charge in [0.2, 0.25) is 5.95 Å². The molecule has 0 saturated heterocycles. The van der Waals surface area contributed by atoms with Gasteiger partial charge in [-0.1, -0.05) is 35.5 Å². The number of imidazole rings is 1. The Kier molecular flexibility index (Phi) is 4.31. The second-order valence-electron chi connectivity index (χ2n) is 6.58. The van der Waals surface area contributed by atoms with Gasteiger partial charge in [-0.25, -0.2) is 4.98 Å². The van der Waals surface area contributed by atoms with E-state index in [0.29, 0.717) is 40.5 Å². The van der Waals surface area contributed by atoms with E-state index in [1.807, 2.05) is 47.9 Å². The van der Waals surface area contributed by atoms with Gasteiger partial charge < -0.3 is 14.4 Å². The molecule has 28 heavy (non-hydrogen) atoms. The average molecular weight is 377 g/mol. The number of fused-ring (bicyclic) bond motifs is 1. The van der Waals surface area contributed by atoms with Gasteiger partial charge in [-0.3, -0.25) is 10.1 Å². The van der Waals surface area contributed by atoms with Crippen molar-refractivity contribution in [2.24, 2.45) is 0 Å². The quantitative estimate of drug-likeness (QED) is 0.411. The monoisotopic (exact) mass is 377 g/mol. The highest BCUT2D eigenvalue weighted by Gasteiger charge is 2.24. The molecule has 2 heterocycles. The number of non-ortho nitro benzene ring substituents is 1. The van der Waals surface area contributed by atoms with Crippen LogP contribution in [-0.2, 0) is 6.54 Å². The molecule has 4 rings (SSSR count). The number of hydrogen-bond donors (Lipinski definition) is 1. The number of aromatic nitrogens is 3. The minimum atomic E-state index is -0.399. The minimum Gasteiger partial charge on any atom is -0.361 e. The molecule has 0 spiro atoms. The van der Waals surface area contributed by atoms with Crippen molar-refractivity contribution < 1.29 is 9.45 Å². The molecule has 0 amide bonds. The van der Waals surface area contributed by atoms with E-state index in [2.05, 4.69) is 15.5 Å². The molecule has 0 aliphatic carbocycles. The van der Waals surface area contributed by atoms with Crippen LogP contribution in [0.2, 0.25) is 0 Å². The second kappa shape index (κ2) is 6.80.